The molecular weight excluding hydrogens is 636 g/mol. The predicted molar refractivity (Wildman–Crippen MR) is 170 cm³/mol. The fraction of sp³-hybridized carbons (Fsp3) is 0.375. The van der Waals surface area contributed by atoms with Crippen LogP contribution in [0.2, 0.25) is 5.02 Å². The van der Waals surface area contributed by atoms with Crippen LogP contribution >= 0.6 is 22.9 Å². The quantitative estimate of drug-likeness (QED) is 0.195. The standard InChI is InChI=1S/C32H28ClF2N7O3S/c1-15-7-17(45-41-15)10-38-30-25-21-13-43-12-20(21)23(18-3-4-22(35)28-24(18)19(9-36)29(37)46-28)26(33)27(25)39-31(40-30)44-14-32-5-2-6-42(32)11-16(34)8-32/h3-4,7,16H,2,5-6,8,10-14,37H2,1H3,(H,38,39,40). The highest BCUT2D eigenvalue weighted by Crippen LogP contribution is 2.49. The second-order valence-corrected chi connectivity index (χ2v) is 13.6. The Bertz CT molecular complexity index is 2100. The summed E-state index contributed by atoms with van der Waals surface area (Å²) in [6, 6.07) is 7.02. The van der Waals surface area contributed by atoms with Gasteiger partial charge in [-0.3, -0.25) is 4.90 Å². The van der Waals surface area contributed by atoms with Gasteiger partial charge in [0.2, 0.25) is 0 Å². The van der Waals surface area contributed by atoms with Crippen molar-refractivity contribution in [3.63, 3.8) is 0 Å². The SMILES string of the molecule is Cc1cc(CNc2nc(OCC34CCCN3CC(F)C4)nc3c(Cl)c(-c4ccc(F)c5sc(N)c(C#N)c45)c4c(c23)COC4)on1. The number of rotatable bonds is 7. The van der Waals surface area contributed by atoms with Gasteiger partial charge in [0, 0.05) is 30.0 Å². The zero-order chi connectivity index (χ0) is 31.7. The number of benzene rings is 2. The number of alkyl halides is 1. The van der Waals surface area contributed by atoms with E-state index in [1.54, 1.807) is 6.07 Å². The highest BCUT2D eigenvalue weighted by Gasteiger charge is 2.49. The molecule has 0 aliphatic carbocycles. The van der Waals surface area contributed by atoms with E-state index in [0.717, 1.165) is 47.5 Å². The molecule has 6 heterocycles. The number of aromatic nitrogens is 3. The fourth-order valence-corrected chi connectivity index (χ4v) is 8.61. The summed E-state index contributed by atoms with van der Waals surface area (Å²) in [5.41, 5.74) is 9.83. The molecule has 3 aliphatic rings. The number of nitrogens with two attached hydrogens (primary N) is 1. The molecule has 0 radical (unpaired) electrons. The van der Waals surface area contributed by atoms with Gasteiger partial charge < -0.3 is 25.0 Å². The maximum atomic E-state index is 15.0. The average Bonchev–Trinajstić information content (AvgIpc) is 3.85. The highest BCUT2D eigenvalue weighted by atomic mass is 35.5. The second-order valence-electron chi connectivity index (χ2n) is 12.1. The van der Waals surface area contributed by atoms with Crippen molar-refractivity contribution in [2.75, 3.05) is 30.7 Å². The van der Waals surface area contributed by atoms with Crippen LogP contribution in [-0.4, -0.2) is 51.4 Å². The Labute approximate surface area is 271 Å². The first kappa shape index (κ1) is 29.3. The van der Waals surface area contributed by atoms with Gasteiger partial charge in [-0.1, -0.05) is 22.8 Å². The van der Waals surface area contributed by atoms with Gasteiger partial charge in [0.25, 0.3) is 0 Å². The molecule has 10 nitrogen and oxygen atoms in total. The zero-order valence-electron chi connectivity index (χ0n) is 24.8. The molecule has 2 aromatic carbocycles. The molecule has 2 fully saturated rings. The molecule has 236 valence electrons. The largest absolute Gasteiger partial charge is 0.461 e. The average molecular weight is 664 g/mol. The summed E-state index contributed by atoms with van der Waals surface area (Å²) in [7, 11) is 0. The number of halogens is 3. The number of ether oxygens (including phenoxy) is 2. The summed E-state index contributed by atoms with van der Waals surface area (Å²) in [5, 5.41) is 18.9. The van der Waals surface area contributed by atoms with Gasteiger partial charge in [-0.2, -0.15) is 15.2 Å². The van der Waals surface area contributed by atoms with Gasteiger partial charge in [-0.15, -0.1) is 11.3 Å². The Morgan fingerprint density at radius 1 is 1.28 bits per heavy atom. The summed E-state index contributed by atoms with van der Waals surface area (Å²) in [6.07, 6.45) is 1.31. The minimum Gasteiger partial charge on any atom is -0.461 e. The number of nitrogens with zero attached hydrogens (tertiary/aromatic N) is 5. The molecule has 2 atom stereocenters. The van der Waals surface area contributed by atoms with Crippen molar-refractivity contribution < 1.29 is 22.8 Å². The van der Waals surface area contributed by atoms with E-state index in [4.69, 9.17) is 41.3 Å². The first-order valence-electron chi connectivity index (χ1n) is 15.0. The Balaban J connectivity index is 1.31. The fourth-order valence-electron chi connectivity index (χ4n) is 7.31. The van der Waals surface area contributed by atoms with Gasteiger partial charge in [0.15, 0.2) is 5.76 Å². The van der Waals surface area contributed by atoms with Crippen LogP contribution in [0.15, 0.2) is 22.7 Å². The molecule has 14 heteroatoms. The topological polar surface area (TPSA) is 135 Å². The number of aryl methyl sites for hydroxylation is 1. The molecule has 2 unspecified atom stereocenters. The molecule has 2 saturated heterocycles. The minimum atomic E-state index is -0.902. The lowest BCUT2D eigenvalue weighted by atomic mass is 9.91. The van der Waals surface area contributed by atoms with Crippen LogP contribution in [0.3, 0.4) is 0 Å². The summed E-state index contributed by atoms with van der Waals surface area (Å²) >= 11 is 8.30. The van der Waals surface area contributed by atoms with Gasteiger partial charge in [-0.25, -0.2) is 8.78 Å². The Hall–Kier alpha value is -4.09. The zero-order valence-corrected chi connectivity index (χ0v) is 26.3. The molecule has 0 bridgehead atoms. The number of nitrogens with one attached hydrogen (secondary N) is 1. The molecule has 3 N–H and O–H groups in total. The van der Waals surface area contributed by atoms with Gasteiger partial charge in [-0.05, 0) is 49.1 Å². The second kappa shape index (κ2) is 11.0. The van der Waals surface area contributed by atoms with Crippen molar-refractivity contribution in [1.82, 2.24) is 20.0 Å². The molecule has 3 aliphatic heterocycles. The third-order valence-corrected chi connectivity index (χ3v) is 10.7. The number of thiophene rings is 1. The van der Waals surface area contributed by atoms with E-state index in [-0.39, 0.29) is 52.7 Å². The number of nitriles is 1. The van der Waals surface area contributed by atoms with Crippen LogP contribution in [0.4, 0.5) is 19.6 Å². The molecule has 46 heavy (non-hydrogen) atoms. The predicted octanol–water partition coefficient (Wildman–Crippen LogP) is 6.65. The van der Waals surface area contributed by atoms with Crippen molar-refractivity contribution in [1.29, 1.82) is 5.26 Å². The van der Waals surface area contributed by atoms with E-state index in [1.807, 2.05) is 13.0 Å². The Kier molecular flexibility index (Phi) is 7.02. The van der Waals surface area contributed by atoms with Crippen LogP contribution in [0.5, 0.6) is 6.01 Å². The highest BCUT2D eigenvalue weighted by molar-refractivity contribution is 7.23. The lowest BCUT2D eigenvalue weighted by Crippen LogP contribution is -2.43. The molecule has 0 spiro atoms. The Morgan fingerprint density at radius 2 is 2.13 bits per heavy atom. The third kappa shape index (κ3) is 4.58. The molecule has 3 aromatic heterocycles. The third-order valence-electron chi connectivity index (χ3n) is 9.31. The molecular formula is C32H28ClF2N7O3S. The summed E-state index contributed by atoms with van der Waals surface area (Å²) < 4.78 is 47.4. The van der Waals surface area contributed by atoms with E-state index in [1.165, 1.54) is 6.07 Å². The monoisotopic (exact) mass is 663 g/mol. The van der Waals surface area contributed by atoms with Gasteiger partial charge in [0.05, 0.1) is 57.2 Å². The van der Waals surface area contributed by atoms with E-state index < -0.39 is 17.5 Å². The smallest absolute Gasteiger partial charge is 0.319 e. The first-order chi connectivity index (χ1) is 22.3. The van der Waals surface area contributed by atoms with Crippen LogP contribution in [0.25, 0.3) is 32.1 Å². The van der Waals surface area contributed by atoms with Gasteiger partial charge >= 0.3 is 6.01 Å². The summed E-state index contributed by atoms with van der Waals surface area (Å²) in [5.74, 6) is 0.591. The van der Waals surface area contributed by atoms with Crippen LogP contribution in [0, 0.1) is 24.1 Å². The molecule has 0 amide bonds. The first-order valence-corrected chi connectivity index (χ1v) is 16.2. The van der Waals surface area contributed by atoms with Gasteiger partial charge in [0.1, 0.15) is 35.5 Å². The molecule has 5 aromatic rings. The van der Waals surface area contributed by atoms with Crippen LogP contribution in [-0.2, 0) is 24.5 Å². The minimum absolute atomic E-state index is 0.0840. The number of hydrogen-bond donors (Lipinski definition) is 2. The van der Waals surface area contributed by atoms with Crippen molar-refractivity contribution >= 4 is 54.7 Å². The van der Waals surface area contributed by atoms with E-state index in [9.17, 15) is 9.65 Å². The number of hydrogen-bond acceptors (Lipinski definition) is 11. The summed E-state index contributed by atoms with van der Waals surface area (Å²) in [6.45, 7) is 4.08. The summed E-state index contributed by atoms with van der Waals surface area (Å²) in [4.78, 5) is 11.8. The van der Waals surface area contributed by atoms with E-state index in [2.05, 4.69) is 21.4 Å². The van der Waals surface area contributed by atoms with Crippen LogP contribution in [0.1, 0.15) is 47.4 Å². The molecule has 8 rings (SSSR count). The van der Waals surface area contributed by atoms with Crippen molar-refractivity contribution in [2.24, 2.45) is 0 Å². The van der Waals surface area contributed by atoms with E-state index >= 15 is 4.39 Å². The van der Waals surface area contributed by atoms with E-state index in [0.29, 0.717) is 52.0 Å². The maximum Gasteiger partial charge on any atom is 0.319 e. The van der Waals surface area contributed by atoms with Crippen LogP contribution < -0.4 is 15.8 Å². The van der Waals surface area contributed by atoms with Crippen molar-refractivity contribution in [3.05, 3.63) is 57.2 Å². The lowest BCUT2D eigenvalue weighted by Gasteiger charge is -2.30. The number of nitrogen functional groups attached to an aromatic ring is 1. The lowest BCUT2D eigenvalue weighted by molar-refractivity contribution is 0.107. The van der Waals surface area contributed by atoms with Crippen molar-refractivity contribution in [3.8, 4) is 23.2 Å². The normalized spacial score (nSPS) is 20.8. The molecule has 0 saturated carbocycles. The Morgan fingerprint density at radius 3 is 2.93 bits per heavy atom. The van der Waals surface area contributed by atoms with Crippen molar-refractivity contribution in [2.45, 2.75) is 57.7 Å². The number of fused-ring (bicyclic) bond motifs is 5. The number of anilines is 2. The maximum absolute atomic E-state index is 15.0.